The highest BCUT2D eigenvalue weighted by Gasteiger charge is 2.47. The molecule has 2 atom stereocenters. The largest absolute Gasteiger partial charge is 0.497 e. The third-order valence-electron chi connectivity index (χ3n) is 9.56. The summed E-state index contributed by atoms with van der Waals surface area (Å²) < 4.78 is 30.2. The summed E-state index contributed by atoms with van der Waals surface area (Å²) in [5, 5.41) is 0.0868. The molecule has 57 heavy (non-hydrogen) atoms. The minimum atomic E-state index is -0.0647. The molecule has 7 rings (SSSR count). The van der Waals surface area contributed by atoms with Crippen LogP contribution in [0.25, 0.3) is 0 Å². The number of Topliss-reactive ketones (excluding diaryl/α,β-unsaturated/α-hetero) is 2. The van der Waals surface area contributed by atoms with Crippen LogP contribution in [0.3, 0.4) is 0 Å². The summed E-state index contributed by atoms with van der Waals surface area (Å²) in [6.07, 6.45) is 0. The second-order valence-electron chi connectivity index (χ2n) is 16.1. The van der Waals surface area contributed by atoms with Crippen molar-refractivity contribution < 1.29 is 54.5 Å². The van der Waals surface area contributed by atoms with Gasteiger partial charge in [-0.25, -0.2) is 0 Å². The predicted molar refractivity (Wildman–Crippen MR) is 232 cm³/mol. The van der Waals surface area contributed by atoms with Crippen LogP contribution in [0.5, 0.6) is 17.2 Å². The fourth-order valence-corrected chi connectivity index (χ4v) is 14.8. The Labute approximate surface area is 356 Å². The molecule has 0 spiro atoms. The molecule has 0 aromatic heterocycles. The molecule has 306 valence electrons. The molecule has 0 radical (unpaired) electrons. The summed E-state index contributed by atoms with van der Waals surface area (Å²) in [7, 11) is 1.81. The zero-order valence-electron chi connectivity index (χ0n) is 34.6. The number of methoxy groups -OCH3 is 1. The van der Waals surface area contributed by atoms with Crippen molar-refractivity contribution in [2.24, 2.45) is 10.8 Å². The van der Waals surface area contributed by atoms with Gasteiger partial charge in [0.05, 0.1) is 33.5 Å². The monoisotopic (exact) mass is 927 g/mol. The third-order valence-corrected chi connectivity index (χ3v) is 18.2. The molecular weight excluding hydrogens is 868 g/mol. The zero-order chi connectivity index (χ0) is 40.8. The second-order valence-corrected chi connectivity index (χ2v) is 23.9. The van der Waals surface area contributed by atoms with E-state index < -0.39 is 0 Å². The average Bonchev–Trinajstić information content (AvgIpc) is 3.22. The van der Waals surface area contributed by atoms with Gasteiger partial charge in [-0.3, -0.25) is 9.59 Å². The minimum absolute atomic E-state index is 0.0222. The quantitative estimate of drug-likeness (QED) is 0.126. The molecule has 7 nitrogen and oxygen atoms in total. The second kappa shape index (κ2) is 21.8. The summed E-state index contributed by atoms with van der Waals surface area (Å²) in [6.45, 7) is 17.2. The van der Waals surface area contributed by atoms with E-state index in [1.807, 2.05) is 42.5 Å². The Hall–Kier alpha value is -3.03. The van der Waals surface area contributed by atoms with E-state index in [1.54, 1.807) is 7.11 Å². The summed E-state index contributed by atoms with van der Waals surface area (Å²) in [5.41, 5.74) is 1.42. The molecule has 0 aliphatic carbocycles. The van der Waals surface area contributed by atoms with Crippen LogP contribution >= 0.6 is 0 Å². The number of rotatable bonds is 9. The Balaban J connectivity index is 0.000000169. The fraction of sp³-hybridized carbons (Fsp3) is 0.447. The lowest BCUT2D eigenvalue weighted by Gasteiger charge is -2.31. The first kappa shape index (κ1) is 45.1. The number of hydrogen-bond acceptors (Lipinski definition) is 7. The molecule has 2 saturated heterocycles. The Morgan fingerprint density at radius 1 is 0.561 bits per heavy atom. The number of fused-ring (bicyclic) bond motifs is 1. The SMILES string of the molecule is CC(C)(C)C(C(=O)c1ccc2c(c1)OCCO2)[S+]1CCOCC1.COc1ccc(C(=O)C([S+]2CCOCC2)C(C)(C)C)cc1.c1ccc([I+]c2ccccc2)cc1. The topological polar surface area (TPSA) is 80.3 Å². The van der Waals surface area contributed by atoms with E-state index in [9.17, 15) is 9.59 Å². The van der Waals surface area contributed by atoms with Gasteiger partial charge >= 0.3 is 21.2 Å². The first-order valence-corrected chi connectivity index (χ1v) is 25.1. The molecule has 0 bridgehead atoms. The Bertz CT molecular complexity index is 1790. The van der Waals surface area contributed by atoms with E-state index in [2.05, 4.69) is 102 Å². The van der Waals surface area contributed by atoms with E-state index in [0.29, 0.717) is 19.0 Å². The molecule has 4 aromatic carbocycles. The molecule has 3 aliphatic rings. The van der Waals surface area contributed by atoms with Gasteiger partial charge in [-0.2, -0.15) is 0 Å². The Morgan fingerprint density at radius 3 is 1.42 bits per heavy atom. The maximum Gasteiger partial charge on any atom is 0.357 e. The highest BCUT2D eigenvalue weighted by atomic mass is 127. The lowest BCUT2D eigenvalue weighted by molar-refractivity contribution is -0.597. The van der Waals surface area contributed by atoms with Crippen LogP contribution in [0.4, 0.5) is 0 Å². The molecule has 0 saturated carbocycles. The number of ketones is 2. The standard InChI is InChI=1S/C18H25O4S.C17H25O3S.C12H10I/c1-18(2,3)17(23-10-8-20-9-11-23)16(19)13-4-5-14-15(12-13)22-7-6-21-14;1-17(2,3)16(21-11-9-20-10-12-21)15(18)13-5-7-14(19-4)8-6-13;1-3-7-11(8-4-1)13-12-9-5-2-6-10-12/h4-5,12,17H,6-11H2,1-3H3;5-8,16H,9-12H2,1-4H3;1-10H/q3*+1. The normalized spacial score (nSPS) is 17.1. The van der Waals surface area contributed by atoms with Gasteiger partial charge < -0.3 is 23.7 Å². The smallest absolute Gasteiger partial charge is 0.357 e. The van der Waals surface area contributed by atoms with Crippen molar-refractivity contribution in [3.05, 3.63) is 121 Å². The summed E-state index contributed by atoms with van der Waals surface area (Å²) in [6, 6.07) is 34.5. The molecule has 3 heterocycles. The highest BCUT2D eigenvalue weighted by Crippen LogP contribution is 2.36. The van der Waals surface area contributed by atoms with Gasteiger partial charge in [-0.15, -0.1) is 0 Å². The molecule has 4 aromatic rings. The van der Waals surface area contributed by atoms with E-state index in [0.717, 1.165) is 72.1 Å². The lowest BCUT2D eigenvalue weighted by atomic mass is 9.87. The van der Waals surface area contributed by atoms with Gasteiger partial charge in [0.15, 0.2) is 29.1 Å². The molecule has 2 unspecified atom stereocenters. The van der Waals surface area contributed by atoms with Crippen molar-refractivity contribution in [2.75, 3.05) is 69.8 Å². The van der Waals surface area contributed by atoms with E-state index in [1.165, 1.54) is 7.14 Å². The van der Waals surface area contributed by atoms with Crippen molar-refractivity contribution >= 4 is 33.4 Å². The van der Waals surface area contributed by atoms with E-state index in [4.69, 9.17) is 23.7 Å². The summed E-state index contributed by atoms with van der Waals surface area (Å²) >= 11 is 0.0287. The van der Waals surface area contributed by atoms with Gasteiger partial charge in [0, 0.05) is 43.7 Å². The number of halogens is 1. The summed E-state index contributed by atoms with van der Waals surface area (Å²) in [5.74, 6) is 6.66. The van der Waals surface area contributed by atoms with Crippen LogP contribution < -0.4 is 35.4 Å². The van der Waals surface area contributed by atoms with Crippen LogP contribution in [-0.4, -0.2) is 91.8 Å². The van der Waals surface area contributed by atoms with Gasteiger partial charge in [-0.1, -0.05) is 77.9 Å². The predicted octanol–water partition coefficient (Wildman–Crippen LogP) is 5.46. The van der Waals surface area contributed by atoms with Crippen molar-refractivity contribution in [2.45, 2.75) is 52.0 Å². The van der Waals surface area contributed by atoms with Crippen LogP contribution in [0, 0.1) is 18.0 Å². The molecule has 2 fully saturated rings. The first-order chi connectivity index (χ1) is 27.3. The average molecular weight is 928 g/mol. The maximum absolute atomic E-state index is 13.2. The van der Waals surface area contributed by atoms with Crippen LogP contribution in [0.1, 0.15) is 62.3 Å². The minimum Gasteiger partial charge on any atom is -0.497 e. The van der Waals surface area contributed by atoms with Crippen LogP contribution in [-0.2, 0) is 31.3 Å². The third kappa shape index (κ3) is 13.5. The van der Waals surface area contributed by atoms with E-state index >= 15 is 0 Å². The molecule has 3 aliphatic heterocycles. The number of hydrogen-bond donors (Lipinski definition) is 0. The van der Waals surface area contributed by atoms with Gasteiger partial charge in [0.1, 0.15) is 42.0 Å². The lowest BCUT2D eigenvalue weighted by Crippen LogP contribution is -3.61. The Morgan fingerprint density at radius 2 is 0.982 bits per heavy atom. The highest BCUT2D eigenvalue weighted by molar-refractivity contribution is 7.98. The molecule has 0 amide bonds. The fourth-order valence-electron chi connectivity index (χ4n) is 6.97. The van der Waals surface area contributed by atoms with Gasteiger partial charge in [0.25, 0.3) is 0 Å². The zero-order valence-corrected chi connectivity index (χ0v) is 38.4. The maximum atomic E-state index is 13.2. The van der Waals surface area contributed by atoms with Crippen LogP contribution in [0.2, 0.25) is 0 Å². The molecular formula is C47H60IO7S2+3. The van der Waals surface area contributed by atoms with Gasteiger partial charge in [-0.05, 0) is 66.7 Å². The Kier molecular flexibility index (Phi) is 17.3. The first-order valence-electron chi connectivity index (χ1n) is 19.7. The van der Waals surface area contributed by atoms with Crippen molar-refractivity contribution in [3.63, 3.8) is 0 Å². The number of ether oxygens (including phenoxy) is 5. The number of carbonyl (C=O) groups is 2. The van der Waals surface area contributed by atoms with Crippen molar-refractivity contribution in [1.82, 2.24) is 0 Å². The number of benzene rings is 4. The van der Waals surface area contributed by atoms with Gasteiger partial charge in [0.2, 0.25) is 11.6 Å². The molecule has 10 heteroatoms. The van der Waals surface area contributed by atoms with Crippen molar-refractivity contribution in [3.8, 4) is 17.2 Å². The van der Waals surface area contributed by atoms with Crippen LogP contribution in [0.15, 0.2) is 103 Å². The summed E-state index contributed by atoms with van der Waals surface area (Å²) in [4.78, 5) is 26.3. The van der Waals surface area contributed by atoms with Crippen molar-refractivity contribution in [1.29, 1.82) is 0 Å². The number of carbonyl (C=O) groups excluding carboxylic acids is 2. The van der Waals surface area contributed by atoms with E-state index in [-0.39, 0.29) is 75.9 Å². The molecule has 0 N–H and O–H groups in total.